The summed E-state index contributed by atoms with van der Waals surface area (Å²) in [5.74, 6) is 1.34. The number of hydrogen-bond acceptors (Lipinski definition) is 3. The van der Waals surface area contributed by atoms with Crippen molar-refractivity contribution in [3.63, 3.8) is 0 Å². The van der Waals surface area contributed by atoms with Crippen LogP contribution in [0.1, 0.15) is 18.7 Å². The Balaban J connectivity index is 0.00000162. The Morgan fingerprint density at radius 1 is 1.72 bits per heavy atom. The van der Waals surface area contributed by atoms with Crippen LogP contribution in [0.3, 0.4) is 0 Å². The second-order valence-corrected chi connectivity index (χ2v) is 4.17. The molecule has 1 saturated heterocycles. The van der Waals surface area contributed by atoms with Crippen molar-refractivity contribution >= 4 is 29.9 Å². The highest BCUT2D eigenvalue weighted by Crippen LogP contribution is 2.10. The van der Waals surface area contributed by atoms with Crippen LogP contribution in [0.4, 0.5) is 0 Å². The third-order valence-electron chi connectivity index (χ3n) is 2.85. The van der Waals surface area contributed by atoms with Gasteiger partial charge >= 0.3 is 0 Å². The van der Waals surface area contributed by atoms with Crippen molar-refractivity contribution in [1.29, 1.82) is 0 Å². The summed E-state index contributed by atoms with van der Waals surface area (Å²) in [6.45, 7) is 2.08. The van der Waals surface area contributed by atoms with E-state index >= 15 is 0 Å². The van der Waals surface area contributed by atoms with Crippen LogP contribution < -0.4 is 11.1 Å². The van der Waals surface area contributed by atoms with Crippen molar-refractivity contribution in [2.24, 2.45) is 17.8 Å². The minimum absolute atomic E-state index is 0. The fourth-order valence-electron chi connectivity index (χ4n) is 1.78. The van der Waals surface area contributed by atoms with Gasteiger partial charge in [0, 0.05) is 32.6 Å². The molecular formula is C11H20IN5O. The molecule has 1 aromatic rings. The van der Waals surface area contributed by atoms with Crippen LogP contribution in [0, 0.1) is 0 Å². The molecule has 1 unspecified atom stereocenters. The lowest BCUT2D eigenvalue weighted by Crippen LogP contribution is -2.37. The van der Waals surface area contributed by atoms with Gasteiger partial charge in [0.25, 0.3) is 0 Å². The fourth-order valence-corrected chi connectivity index (χ4v) is 1.78. The normalized spacial score (nSPS) is 19.6. The molecule has 0 spiro atoms. The van der Waals surface area contributed by atoms with E-state index in [-0.39, 0.29) is 30.1 Å². The molecule has 1 fully saturated rings. The van der Waals surface area contributed by atoms with Gasteiger partial charge in [-0.1, -0.05) is 0 Å². The number of rotatable bonds is 4. The molecule has 102 valence electrons. The molecule has 0 aromatic carbocycles. The molecule has 0 saturated carbocycles. The fraction of sp³-hybridized carbons (Fsp3) is 0.636. The minimum Gasteiger partial charge on any atom is -0.376 e. The van der Waals surface area contributed by atoms with Gasteiger partial charge in [-0.3, -0.25) is 0 Å². The molecule has 2 heterocycles. The zero-order valence-electron chi connectivity index (χ0n) is 10.5. The number of aryl methyl sites for hydroxylation is 1. The van der Waals surface area contributed by atoms with Gasteiger partial charge < -0.3 is 20.4 Å². The van der Waals surface area contributed by atoms with Crippen LogP contribution in [0.2, 0.25) is 0 Å². The predicted octanol–water partition coefficient (Wildman–Crippen LogP) is 0.621. The van der Waals surface area contributed by atoms with Crippen molar-refractivity contribution < 1.29 is 4.74 Å². The smallest absolute Gasteiger partial charge is 0.189 e. The highest BCUT2D eigenvalue weighted by Gasteiger charge is 2.14. The molecule has 18 heavy (non-hydrogen) atoms. The monoisotopic (exact) mass is 365 g/mol. The summed E-state index contributed by atoms with van der Waals surface area (Å²) in [5, 5.41) is 3.07. The first kappa shape index (κ1) is 15.2. The standard InChI is InChI=1S/C11H19N5O.HI/c1-16-5-4-13-10(16)8-15-11(12)14-7-9-3-2-6-17-9;/h4-5,9H,2-3,6-8H2,1H3,(H3,12,14,15);1H. The average Bonchev–Trinajstić information content (AvgIpc) is 2.95. The second-order valence-electron chi connectivity index (χ2n) is 4.17. The van der Waals surface area contributed by atoms with Crippen molar-refractivity contribution in [3.8, 4) is 0 Å². The molecule has 1 aromatic heterocycles. The van der Waals surface area contributed by atoms with Crippen molar-refractivity contribution in [2.45, 2.75) is 25.5 Å². The summed E-state index contributed by atoms with van der Waals surface area (Å²) in [7, 11) is 1.94. The second kappa shape index (κ2) is 7.57. The van der Waals surface area contributed by atoms with Crippen LogP contribution in [-0.4, -0.2) is 34.8 Å². The first-order chi connectivity index (χ1) is 8.25. The van der Waals surface area contributed by atoms with Crippen LogP contribution in [0.25, 0.3) is 0 Å². The Hall–Kier alpha value is -0.830. The Labute approximate surface area is 124 Å². The number of halogens is 1. The quantitative estimate of drug-likeness (QED) is 0.466. The van der Waals surface area contributed by atoms with E-state index in [0.717, 1.165) is 31.8 Å². The van der Waals surface area contributed by atoms with Gasteiger partial charge in [0.15, 0.2) is 5.96 Å². The number of aromatic nitrogens is 2. The van der Waals surface area contributed by atoms with Crippen LogP contribution in [0.15, 0.2) is 17.4 Å². The first-order valence-electron chi connectivity index (χ1n) is 5.87. The van der Waals surface area contributed by atoms with Crippen molar-refractivity contribution in [2.75, 3.05) is 13.2 Å². The van der Waals surface area contributed by atoms with Crippen molar-refractivity contribution in [3.05, 3.63) is 18.2 Å². The highest BCUT2D eigenvalue weighted by atomic mass is 127. The molecule has 0 amide bonds. The maximum absolute atomic E-state index is 5.76. The Kier molecular flexibility index (Phi) is 6.41. The SMILES string of the molecule is Cn1ccnc1CN=C(N)NCC1CCCO1.I. The highest BCUT2D eigenvalue weighted by molar-refractivity contribution is 14.0. The summed E-state index contributed by atoms with van der Waals surface area (Å²) >= 11 is 0. The molecule has 1 aliphatic rings. The van der Waals surface area contributed by atoms with Crippen LogP contribution >= 0.6 is 24.0 Å². The van der Waals surface area contributed by atoms with Gasteiger partial charge in [-0.25, -0.2) is 9.98 Å². The molecule has 2 rings (SSSR count). The van der Waals surface area contributed by atoms with E-state index in [1.165, 1.54) is 0 Å². The molecule has 1 atom stereocenters. The molecule has 1 aliphatic heterocycles. The lowest BCUT2D eigenvalue weighted by atomic mass is 10.2. The Morgan fingerprint density at radius 2 is 2.56 bits per heavy atom. The Morgan fingerprint density at radius 3 is 3.17 bits per heavy atom. The third kappa shape index (κ3) is 4.45. The maximum Gasteiger partial charge on any atom is 0.189 e. The van der Waals surface area contributed by atoms with E-state index in [1.807, 2.05) is 17.8 Å². The summed E-state index contributed by atoms with van der Waals surface area (Å²) in [6.07, 6.45) is 6.15. The number of hydrogen-bond donors (Lipinski definition) is 2. The summed E-state index contributed by atoms with van der Waals surface area (Å²) in [4.78, 5) is 8.41. The van der Waals surface area contributed by atoms with Crippen LogP contribution in [0.5, 0.6) is 0 Å². The molecule has 0 aliphatic carbocycles. The molecule has 3 N–H and O–H groups in total. The van der Waals surface area contributed by atoms with E-state index < -0.39 is 0 Å². The van der Waals surface area contributed by atoms with Gasteiger partial charge in [-0.15, -0.1) is 24.0 Å². The first-order valence-corrected chi connectivity index (χ1v) is 5.87. The molecular weight excluding hydrogens is 345 g/mol. The van der Waals surface area contributed by atoms with Crippen molar-refractivity contribution in [1.82, 2.24) is 14.9 Å². The predicted molar refractivity (Wildman–Crippen MR) is 80.9 cm³/mol. The summed E-state index contributed by atoms with van der Waals surface area (Å²) in [6, 6.07) is 0. The molecule has 7 heteroatoms. The average molecular weight is 365 g/mol. The van der Waals surface area contributed by atoms with Gasteiger partial charge in [0.05, 0.1) is 6.10 Å². The zero-order chi connectivity index (χ0) is 12.1. The molecule has 6 nitrogen and oxygen atoms in total. The topological polar surface area (TPSA) is 77.5 Å². The minimum atomic E-state index is 0. The third-order valence-corrected chi connectivity index (χ3v) is 2.85. The number of ether oxygens (including phenoxy) is 1. The van der Waals surface area contributed by atoms with Gasteiger partial charge in [0.1, 0.15) is 12.4 Å². The lowest BCUT2D eigenvalue weighted by Gasteiger charge is -2.10. The van der Waals surface area contributed by atoms with Crippen LogP contribution in [-0.2, 0) is 18.3 Å². The van der Waals surface area contributed by atoms with Gasteiger partial charge in [0.2, 0.25) is 0 Å². The summed E-state index contributed by atoms with van der Waals surface area (Å²) in [5.41, 5.74) is 5.76. The number of nitrogens with one attached hydrogen (secondary N) is 1. The number of aliphatic imine (C=N–C) groups is 1. The molecule has 0 radical (unpaired) electrons. The zero-order valence-corrected chi connectivity index (χ0v) is 12.8. The van der Waals surface area contributed by atoms with Gasteiger partial charge in [-0.2, -0.15) is 0 Å². The Bertz CT molecular complexity index is 387. The van der Waals surface area contributed by atoms with E-state index in [4.69, 9.17) is 10.5 Å². The lowest BCUT2D eigenvalue weighted by molar-refractivity contribution is 0.114. The van der Waals surface area contributed by atoms with E-state index in [0.29, 0.717) is 12.5 Å². The molecule has 0 bridgehead atoms. The van der Waals surface area contributed by atoms with Gasteiger partial charge in [-0.05, 0) is 12.8 Å². The maximum atomic E-state index is 5.76. The van der Waals surface area contributed by atoms with E-state index in [1.54, 1.807) is 6.20 Å². The summed E-state index contributed by atoms with van der Waals surface area (Å²) < 4.78 is 7.41. The number of nitrogens with two attached hydrogens (primary N) is 1. The van der Waals surface area contributed by atoms with E-state index in [2.05, 4.69) is 15.3 Å². The largest absolute Gasteiger partial charge is 0.376 e. The number of guanidine groups is 1. The number of imidazole rings is 1. The van der Waals surface area contributed by atoms with E-state index in [9.17, 15) is 0 Å². The number of nitrogens with zero attached hydrogens (tertiary/aromatic N) is 3.